The molecule has 1 fully saturated rings. The summed E-state index contributed by atoms with van der Waals surface area (Å²) < 4.78 is 0. The quantitative estimate of drug-likeness (QED) is 0.729. The minimum absolute atomic E-state index is 0.0535. The van der Waals surface area contributed by atoms with Crippen molar-refractivity contribution in [3.8, 4) is 0 Å². The summed E-state index contributed by atoms with van der Waals surface area (Å²) in [6.07, 6.45) is 8.07. The second-order valence-corrected chi connectivity index (χ2v) is 4.56. The second kappa shape index (κ2) is 5.05. The Bertz CT molecular complexity index is 353. The van der Waals surface area contributed by atoms with Gasteiger partial charge >= 0.3 is 0 Å². The summed E-state index contributed by atoms with van der Waals surface area (Å²) in [7, 11) is 0. The highest BCUT2D eigenvalue weighted by molar-refractivity contribution is 5.93. The van der Waals surface area contributed by atoms with Crippen LogP contribution in [0.4, 0.5) is 5.69 Å². The van der Waals surface area contributed by atoms with Crippen LogP contribution in [-0.4, -0.2) is 17.4 Å². The third-order valence-corrected chi connectivity index (χ3v) is 3.23. The van der Waals surface area contributed by atoms with E-state index in [1.165, 1.54) is 32.1 Å². The first-order valence-electron chi connectivity index (χ1n) is 5.98. The Labute approximate surface area is 95.6 Å². The predicted octanol–water partition coefficient (Wildman–Crippen LogP) is 1.91. The lowest BCUT2D eigenvalue weighted by molar-refractivity contribution is 0.0939. The lowest BCUT2D eigenvalue weighted by atomic mass is 9.89. The van der Waals surface area contributed by atoms with E-state index >= 15 is 0 Å². The van der Waals surface area contributed by atoms with Gasteiger partial charge in [-0.25, -0.2) is 0 Å². The molecule has 16 heavy (non-hydrogen) atoms. The summed E-state index contributed by atoms with van der Waals surface area (Å²) in [5.41, 5.74) is 6.69. The summed E-state index contributed by atoms with van der Waals surface area (Å²) in [4.78, 5) is 14.6. The Hall–Kier alpha value is -1.45. The highest BCUT2D eigenvalue weighted by atomic mass is 16.1. The molecule has 0 saturated heterocycles. The fraction of sp³-hybridized carbons (Fsp3) is 0.583. The van der Waals surface area contributed by atoms with Gasteiger partial charge in [-0.3, -0.25) is 4.79 Å². The van der Waals surface area contributed by atoms with E-state index in [9.17, 15) is 4.79 Å². The van der Waals surface area contributed by atoms with Gasteiger partial charge in [0.1, 0.15) is 5.69 Å². The molecule has 1 aliphatic carbocycles. The molecule has 1 heterocycles. The number of H-pyrrole nitrogens is 1. The molecule has 1 aromatic rings. The van der Waals surface area contributed by atoms with Crippen molar-refractivity contribution in [1.29, 1.82) is 0 Å². The summed E-state index contributed by atoms with van der Waals surface area (Å²) in [6, 6.07) is 1.66. The molecular weight excluding hydrogens is 202 g/mol. The number of nitrogens with one attached hydrogen (secondary N) is 2. The van der Waals surface area contributed by atoms with Crippen LogP contribution in [-0.2, 0) is 0 Å². The van der Waals surface area contributed by atoms with Crippen molar-refractivity contribution >= 4 is 11.6 Å². The van der Waals surface area contributed by atoms with Crippen molar-refractivity contribution in [1.82, 2.24) is 10.3 Å². The van der Waals surface area contributed by atoms with Crippen LogP contribution in [0.25, 0.3) is 0 Å². The van der Waals surface area contributed by atoms with Gasteiger partial charge in [0.2, 0.25) is 0 Å². The molecule has 2 rings (SSSR count). The first-order valence-corrected chi connectivity index (χ1v) is 5.98. The molecule has 1 saturated carbocycles. The number of carbonyl (C=O) groups is 1. The molecule has 0 atom stereocenters. The number of amides is 1. The molecule has 4 nitrogen and oxygen atoms in total. The van der Waals surface area contributed by atoms with Crippen molar-refractivity contribution < 1.29 is 4.79 Å². The molecule has 1 aromatic heterocycles. The van der Waals surface area contributed by atoms with Crippen LogP contribution in [0.5, 0.6) is 0 Å². The van der Waals surface area contributed by atoms with Crippen LogP contribution in [0.3, 0.4) is 0 Å². The molecule has 1 aliphatic rings. The highest BCUT2D eigenvalue weighted by Gasteiger charge is 2.15. The summed E-state index contributed by atoms with van der Waals surface area (Å²) >= 11 is 0. The van der Waals surface area contributed by atoms with Crippen molar-refractivity contribution in [2.75, 3.05) is 12.3 Å². The maximum atomic E-state index is 11.7. The minimum Gasteiger partial charge on any atom is -0.397 e. The van der Waals surface area contributed by atoms with Gasteiger partial charge in [0.25, 0.3) is 5.91 Å². The molecular formula is C12H19N3O. The van der Waals surface area contributed by atoms with Gasteiger partial charge in [0.15, 0.2) is 0 Å². The summed E-state index contributed by atoms with van der Waals surface area (Å²) in [5, 5.41) is 2.96. The molecule has 0 unspecified atom stereocenters. The average molecular weight is 221 g/mol. The zero-order valence-electron chi connectivity index (χ0n) is 9.46. The van der Waals surface area contributed by atoms with Gasteiger partial charge < -0.3 is 16.0 Å². The lowest BCUT2D eigenvalue weighted by Crippen LogP contribution is -2.30. The van der Waals surface area contributed by atoms with E-state index in [1.54, 1.807) is 12.3 Å². The Kier molecular flexibility index (Phi) is 3.49. The van der Waals surface area contributed by atoms with Crippen LogP contribution in [0.2, 0.25) is 0 Å². The zero-order valence-corrected chi connectivity index (χ0v) is 9.46. The monoisotopic (exact) mass is 221 g/mol. The molecule has 0 bridgehead atoms. The van der Waals surface area contributed by atoms with E-state index in [0.717, 1.165) is 6.54 Å². The van der Waals surface area contributed by atoms with Crippen LogP contribution in [0.1, 0.15) is 42.6 Å². The van der Waals surface area contributed by atoms with Gasteiger partial charge in [0.05, 0.1) is 0 Å². The highest BCUT2D eigenvalue weighted by Crippen LogP contribution is 2.22. The first kappa shape index (κ1) is 11.0. The lowest BCUT2D eigenvalue weighted by Gasteiger charge is -2.21. The standard InChI is InChI=1S/C12H19N3O/c13-10-6-11(14-8-10)12(16)15-7-9-4-2-1-3-5-9/h6,8-9,14H,1-5,7,13H2,(H,15,16). The summed E-state index contributed by atoms with van der Waals surface area (Å²) in [6.45, 7) is 0.789. The van der Waals surface area contributed by atoms with E-state index in [-0.39, 0.29) is 5.91 Å². The van der Waals surface area contributed by atoms with Crippen molar-refractivity contribution in [3.05, 3.63) is 18.0 Å². The zero-order chi connectivity index (χ0) is 11.4. The molecule has 0 radical (unpaired) electrons. The molecule has 1 amide bonds. The number of nitrogens with two attached hydrogens (primary N) is 1. The van der Waals surface area contributed by atoms with Crippen LogP contribution in [0.15, 0.2) is 12.3 Å². The SMILES string of the molecule is Nc1c[nH]c(C(=O)NCC2CCCCC2)c1. The molecule has 0 spiro atoms. The van der Waals surface area contributed by atoms with Gasteiger partial charge in [-0.15, -0.1) is 0 Å². The Morgan fingerprint density at radius 3 is 2.81 bits per heavy atom. The van der Waals surface area contributed by atoms with Crippen molar-refractivity contribution in [2.24, 2.45) is 5.92 Å². The van der Waals surface area contributed by atoms with Gasteiger partial charge in [0, 0.05) is 18.4 Å². The smallest absolute Gasteiger partial charge is 0.267 e. The maximum absolute atomic E-state index is 11.7. The largest absolute Gasteiger partial charge is 0.397 e. The van der Waals surface area contributed by atoms with Gasteiger partial charge in [-0.1, -0.05) is 19.3 Å². The number of hydrogen-bond donors (Lipinski definition) is 3. The van der Waals surface area contributed by atoms with Crippen LogP contribution >= 0.6 is 0 Å². The number of hydrogen-bond acceptors (Lipinski definition) is 2. The Morgan fingerprint density at radius 2 is 2.19 bits per heavy atom. The van der Waals surface area contributed by atoms with Gasteiger partial charge in [-0.2, -0.15) is 0 Å². The van der Waals surface area contributed by atoms with Gasteiger partial charge in [-0.05, 0) is 24.8 Å². The normalized spacial score (nSPS) is 17.2. The fourth-order valence-electron chi connectivity index (χ4n) is 2.27. The van der Waals surface area contributed by atoms with E-state index in [0.29, 0.717) is 17.3 Å². The van der Waals surface area contributed by atoms with E-state index in [2.05, 4.69) is 10.3 Å². The number of nitrogen functional groups attached to an aromatic ring is 1. The number of aromatic amines is 1. The average Bonchev–Trinajstić information content (AvgIpc) is 2.74. The third kappa shape index (κ3) is 2.78. The van der Waals surface area contributed by atoms with Crippen LogP contribution < -0.4 is 11.1 Å². The number of anilines is 1. The molecule has 4 heteroatoms. The van der Waals surface area contributed by atoms with E-state index in [1.807, 2.05) is 0 Å². The van der Waals surface area contributed by atoms with Crippen molar-refractivity contribution in [2.45, 2.75) is 32.1 Å². The predicted molar refractivity (Wildman–Crippen MR) is 64.1 cm³/mol. The number of carbonyl (C=O) groups excluding carboxylic acids is 1. The summed E-state index contributed by atoms with van der Waals surface area (Å²) in [5.74, 6) is 0.604. The second-order valence-electron chi connectivity index (χ2n) is 4.56. The van der Waals surface area contributed by atoms with E-state index < -0.39 is 0 Å². The number of aromatic nitrogens is 1. The Balaban J connectivity index is 1.79. The molecule has 88 valence electrons. The topological polar surface area (TPSA) is 70.9 Å². The van der Waals surface area contributed by atoms with Crippen LogP contribution in [0, 0.1) is 5.92 Å². The maximum Gasteiger partial charge on any atom is 0.267 e. The number of rotatable bonds is 3. The molecule has 0 aromatic carbocycles. The minimum atomic E-state index is -0.0535. The first-order chi connectivity index (χ1) is 7.75. The Morgan fingerprint density at radius 1 is 1.44 bits per heavy atom. The van der Waals surface area contributed by atoms with Crippen molar-refractivity contribution in [3.63, 3.8) is 0 Å². The molecule has 4 N–H and O–H groups in total. The third-order valence-electron chi connectivity index (χ3n) is 3.23. The van der Waals surface area contributed by atoms with E-state index in [4.69, 9.17) is 5.73 Å². The molecule has 0 aliphatic heterocycles. The fourth-order valence-corrected chi connectivity index (χ4v) is 2.27.